The Kier molecular flexibility index (Phi) is 10.2. The Hall–Kier alpha value is -2.94. The van der Waals surface area contributed by atoms with Crippen molar-refractivity contribution < 1.29 is 0 Å². The lowest BCUT2D eigenvalue weighted by Crippen LogP contribution is -2.10. The number of nitrogens with zero attached hydrogens (tertiary/aromatic N) is 1. The maximum atomic E-state index is 5.92. The monoisotopic (exact) mass is 443 g/mol. The van der Waals surface area contributed by atoms with Gasteiger partial charge in [-0.15, -0.1) is 0 Å². The highest BCUT2D eigenvalue weighted by atomic mass is 15.1. The molecule has 3 rings (SSSR count). The molecule has 0 bridgehead atoms. The van der Waals surface area contributed by atoms with Crippen molar-refractivity contribution >= 4 is 28.4 Å². The molecule has 3 nitrogen and oxygen atoms in total. The molecule has 0 saturated carbocycles. The predicted octanol–water partition coefficient (Wildman–Crippen LogP) is 8.78. The summed E-state index contributed by atoms with van der Waals surface area (Å²) in [5, 5.41) is 0. The summed E-state index contributed by atoms with van der Waals surface area (Å²) in [6.07, 6.45) is 14.9. The number of hydrogen-bond acceptors (Lipinski definition) is 3. The minimum absolute atomic E-state index is 0.767. The van der Waals surface area contributed by atoms with Gasteiger partial charge in [-0.25, -0.2) is 0 Å². The molecule has 0 aliphatic rings. The van der Waals surface area contributed by atoms with E-state index in [4.69, 9.17) is 11.5 Å². The van der Waals surface area contributed by atoms with Crippen molar-refractivity contribution in [1.29, 1.82) is 0 Å². The van der Waals surface area contributed by atoms with E-state index in [1.807, 2.05) is 24.3 Å². The molecule has 0 aromatic heterocycles. The van der Waals surface area contributed by atoms with E-state index in [0.717, 1.165) is 34.9 Å². The van der Waals surface area contributed by atoms with Crippen molar-refractivity contribution in [3.63, 3.8) is 0 Å². The van der Waals surface area contributed by atoms with E-state index in [-0.39, 0.29) is 0 Å². The minimum atomic E-state index is 0.767. The Morgan fingerprint density at radius 1 is 0.485 bits per heavy atom. The zero-order valence-electron chi connectivity index (χ0n) is 20.3. The molecule has 0 spiro atoms. The van der Waals surface area contributed by atoms with E-state index >= 15 is 0 Å². The van der Waals surface area contributed by atoms with Crippen molar-refractivity contribution in [3.8, 4) is 0 Å². The molecule has 176 valence electrons. The standard InChI is InChI=1S/C30H41N3/c1-2-3-4-5-6-7-8-9-10-11-12-25-13-19-28(20-14-25)33(29-21-15-26(31)16-22-29)30-23-17-27(32)18-24-30/h13-24H,2-12,31-32H2,1H3. The van der Waals surface area contributed by atoms with E-state index in [9.17, 15) is 0 Å². The zero-order valence-corrected chi connectivity index (χ0v) is 20.3. The fourth-order valence-corrected chi connectivity index (χ4v) is 4.32. The molecule has 0 aliphatic carbocycles. The van der Waals surface area contributed by atoms with Gasteiger partial charge in [0, 0.05) is 28.4 Å². The SMILES string of the molecule is CCCCCCCCCCCCc1ccc(N(c2ccc(N)cc2)c2ccc(N)cc2)cc1. The maximum absolute atomic E-state index is 5.92. The van der Waals surface area contributed by atoms with Crippen LogP contribution in [0.4, 0.5) is 28.4 Å². The van der Waals surface area contributed by atoms with Crippen molar-refractivity contribution in [2.75, 3.05) is 16.4 Å². The van der Waals surface area contributed by atoms with Gasteiger partial charge in [-0.05, 0) is 79.1 Å². The van der Waals surface area contributed by atoms with Gasteiger partial charge in [0.25, 0.3) is 0 Å². The van der Waals surface area contributed by atoms with Gasteiger partial charge in [0.15, 0.2) is 0 Å². The van der Waals surface area contributed by atoms with E-state index in [2.05, 4.69) is 60.4 Å². The molecule has 0 heterocycles. The second kappa shape index (κ2) is 13.6. The molecule has 4 N–H and O–H groups in total. The minimum Gasteiger partial charge on any atom is -0.399 e. The third-order valence-corrected chi connectivity index (χ3v) is 6.32. The number of benzene rings is 3. The average Bonchev–Trinajstić information content (AvgIpc) is 2.84. The summed E-state index contributed by atoms with van der Waals surface area (Å²) < 4.78 is 0. The number of anilines is 5. The smallest absolute Gasteiger partial charge is 0.0463 e. The molecule has 0 saturated heterocycles. The van der Waals surface area contributed by atoms with Gasteiger partial charge in [-0.2, -0.15) is 0 Å². The van der Waals surface area contributed by atoms with Crippen LogP contribution < -0.4 is 16.4 Å². The Balaban J connectivity index is 1.53. The Morgan fingerprint density at radius 2 is 0.848 bits per heavy atom. The van der Waals surface area contributed by atoms with Crippen LogP contribution in [0.2, 0.25) is 0 Å². The van der Waals surface area contributed by atoms with Crippen LogP contribution in [0.1, 0.15) is 76.7 Å². The molecule has 0 aliphatic heterocycles. The van der Waals surface area contributed by atoms with E-state index < -0.39 is 0 Å². The maximum Gasteiger partial charge on any atom is 0.0463 e. The van der Waals surface area contributed by atoms with E-state index in [1.54, 1.807) is 0 Å². The molecule has 0 amide bonds. The quantitative estimate of drug-likeness (QED) is 0.193. The summed E-state index contributed by atoms with van der Waals surface area (Å²) in [4.78, 5) is 2.24. The topological polar surface area (TPSA) is 55.3 Å². The molecule has 3 aromatic carbocycles. The molecule has 0 fully saturated rings. The van der Waals surface area contributed by atoms with Gasteiger partial charge in [-0.1, -0.05) is 76.8 Å². The number of rotatable bonds is 14. The lowest BCUT2D eigenvalue weighted by molar-refractivity contribution is 0.556. The zero-order chi connectivity index (χ0) is 23.3. The highest BCUT2D eigenvalue weighted by Gasteiger charge is 2.12. The summed E-state index contributed by atoms with van der Waals surface area (Å²) in [6, 6.07) is 25.0. The fourth-order valence-electron chi connectivity index (χ4n) is 4.32. The number of nitrogens with two attached hydrogens (primary N) is 2. The molecule has 0 radical (unpaired) electrons. The van der Waals surface area contributed by atoms with Crippen LogP contribution in [0.25, 0.3) is 0 Å². The first-order chi connectivity index (χ1) is 16.2. The third-order valence-electron chi connectivity index (χ3n) is 6.32. The highest BCUT2D eigenvalue weighted by molar-refractivity contribution is 5.77. The Bertz CT molecular complexity index is 869. The number of hydrogen-bond donors (Lipinski definition) is 2. The van der Waals surface area contributed by atoms with Gasteiger partial charge in [0.05, 0.1) is 0 Å². The first kappa shape index (κ1) is 24.7. The number of aryl methyl sites for hydroxylation is 1. The molecular formula is C30H41N3. The number of unbranched alkanes of at least 4 members (excludes halogenated alkanes) is 9. The van der Waals surface area contributed by atoms with Crippen LogP contribution in [0.15, 0.2) is 72.8 Å². The van der Waals surface area contributed by atoms with Crippen LogP contribution in [-0.2, 0) is 6.42 Å². The Labute approximate surface area is 200 Å². The lowest BCUT2D eigenvalue weighted by atomic mass is 10.0. The largest absolute Gasteiger partial charge is 0.399 e. The van der Waals surface area contributed by atoms with Gasteiger partial charge in [-0.3, -0.25) is 0 Å². The van der Waals surface area contributed by atoms with Gasteiger partial charge in [0.2, 0.25) is 0 Å². The van der Waals surface area contributed by atoms with Crippen LogP contribution in [0.5, 0.6) is 0 Å². The average molecular weight is 444 g/mol. The van der Waals surface area contributed by atoms with Crippen LogP contribution in [0, 0.1) is 0 Å². The van der Waals surface area contributed by atoms with Crippen molar-refractivity contribution in [3.05, 3.63) is 78.4 Å². The number of nitrogen functional groups attached to an aromatic ring is 2. The first-order valence-electron chi connectivity index (χ1n) is 12.8. The Morgan fingerprint density at radius 3 is 1.27 bits per heavy atom. The summed E-state index contributed by atoms with van der Waals surface area (Å²) in [5.74, 6) is 0. The van der Waals surface area contributed by atoms with Crippen LogP contribution in [-0.4, -0.2) is 0 Å². The van der Waals surface area contributed by atoms with E-state index in [0.29, 0.717) is 0 Å². The van der Waals surface area contributed by atoms with Gasteiger partial charge < -0.3 is 16.4 Å². The second-order valence-corrected chi connectivity index (χ2v) is 9.12. The normalized spacial score (nSPS) is 10.9. The van der Waals surface area contributed by atoms with Crippen molar-refractivity contribution in [1.82, 2.24) is 0 Å². The molecule has 3 heteroatoms. The highest BCUT2D eigenvalue weighted by Crippen LogP contribution is 2.35. The summed E-state index contributed by atoms with van der Waals surface area (Å²) >= 11 is 0. The summed E-state index contributed by atoms with van der Waals surface area (Å²) in [5.41, 5.74) is 18.1. The second-order valence-electron chi connectivity index (χ2n) is 9.12. The molecule has 0 atom stereocenters. The molecule has 3 aromatic rings. The molecular weight excluding hydrogens is 402 g/mol. The van der Waals surface area contributed by atoms with Crippen LogP contribution >= 0.6 is 0 Å². The first-order valence-corrected chi connectivity index (χ1v) is 12.8. The fraction of sp³-hybridized carbons (Fsp3) is 0.400. The molecule has 0 unspecified atom stereocenters. The van der Waals surface area contributed by atoms with Crippen molar-refractivity contribution in [2.45, 2.75) is 77.6 Å². The van der Waals surface area contributed by atoms with Gasteiger partial charge >= 0.3 is 0 Å². The summed E-state index contributed by atoms with van der Waals surface area (Å²) in [7, 11) is 0. The lowest BCUT2D eigenvalue weighted by Gasteiger charge is -2.26. The molecule has 33 heavy (non-hydrogen) atoms. The predicted molar refractivity (Wildman–Crippen MR) is 145 cm³/mol. The van der Waals surface area contributed by atoms with Crippen molar-refractivity contribution in [2.24, 2.45) is 0 Å². The van der Waals surface area contributed by atoms with Crippen LogP contribution in [0.3, 0.4) is 0 Å². The van der Waals surface area contributed by atoms with E-state index in [1.165, 1.54) is 69.8 Å². The third kappa shape index (κ3) is 8.16. The summed E-state index contributed by atoms with van der Waals surface area (Å²) in [6.45, 7) is 2.28. The van der Waals surface area contributed by atoms with Gasteiger partial charge in [0.1, 0.15) is 0 Å².